The molecule has 0 amide bonds. The number of aromatic nitrogens is 3. The molecule has 54 heavy (non-hydrogen) atoms. The van der Waals surface area contributed by atoms with Crippen molar-refractivity contribution in [2.24, 2.45) is 0 Å². The molecule has 4 nitrogen and oxygen atoms in total. The van der Waals surface area contributed by atoms with Gasteiger partial charge in [-0.3, -0.25) is 0 Å². The van der Waals surface area contributed by atoms with E-state index in [1.54, 1.807) is 0 Å². The molecule has 0 saturated heterocycles. The van der Waals surface area contributed by atoms with E-state index in [0.29, 0.717) is 17.5 Å². The Balaban J connectivity index is 1.17. The van der Waals surface area contributed by atoms with E-state index < -0.39 is 5.41 Å². The van der Waals surface area contributed by atoms with Crippen LogP contribution in [0.15, 0.2) is 188 Å². The Kier molecular flexibility index (Phi) is 6.73. The molecule has 1 aromatic heterocycles. The molecule has 4 heteroatoms. The van der Waals surface area contributed by atoms with E-state index in [4.69, 9.17) is 19.7 Å². The predicted molar refractivity (Wildman–Crippen MR) is 216 cm³/mol. The first kappa shape index (κ1) is 30.5. The van der Waals surface area contributed by atoms with Gasteiger partial charge >= 0.3 is 0 Å². The van der Waals surface area contributed by atoms with Gasteiger partial charge in [0.2, 0.25) is 0 Å². The summed E-state index contributed by atoms with van der Waals surface area (Å²) in [6.07, 6.45) is 0. The van der Waals surface area contributed by atoms with E-state index in [1.165, 1.54) is 22.3 Å². The SMILES string of the molecule is c1ccc(-c2nc(-c3ccccc3-c3cccc4c3Oc3ccccc3C43c4ccccc4-c4ccccc43)nc(-c3cccc4ccccc34)n2)cc1. The van der Waals surface area contributed by atoms with Gasteiger partial charge in [0.25, 0.3) is 0 Å². The molecule has 0 fully saturated rings. The van der Waals surface area contributed by atoms with Gasteiger partial charge in [-0.05, 0) is 44.7 Å². The highest BCUT2D eigenvalue weighted by Crippen LogP contribution is 2.63. The fraction of sp³-hybridized carbons (Fsp3) is 0.0200. The van der Waals surface area contributed by atoms with Gasteiger partial charge < -0.3 is 4.74 Å². The van der Waals surface area contributed by atoms with Crippen molar-refractivity contribution < 1.29 is 4.74 Å². The summed E-state index contributed by atoms with van der Waals surface area (Å²) in [6.45, 7) is 0. The van der Waals surface area contributed by atoms with Crippen LogP contribution in [0.5, 0.6) is 11.5 Å². The highest BCUT2D eigenvalue weighted by Gasteiger charge is 2.51. The third kappa shape index (κ3) is 4.40. The molecule has 1 spiro atoms. The van der Waals surface area contributed by atoms with Crippen LogP contribution < -0.4 is 4.74 Å². The second-order valence-corrected chi connectivity index (χ2v) is 13.9. The molecule has 0 saturated carbocycles. The van der Waals surface area contributed by atoms with Crippen LogP contribution in [0.2, 0.25) is 0 Å². The zero-order chi connectivity index (χ0) is 35.6. The molecule has 8 aromatic carbocycles. The Morgan fingerprint density at radius 2 is 0.833 bits per heavy atom. The lowest BCUT2D eigenvalue weighted by Crippen LogP contribution is -2.32. The van der Waals surface area contributed by atoms with Crippen molar-refractivity contribution in [2.45, 2.75) is 5.41 Å². The van der Waals surface area contributed by atoms with Crippen LogP contribution in [0.4, 0.5) is 0 Å². The minimum atomic E-state index is -0.558. The maximum Gasteiger partial charge on any atom is 0.164 e. The third-order valence-electron chi connectivity index (χ3n) is 11.0. The van der Waals surface area contributed by atoms with E-state index in [0.717, 1.165) is 61.2 Å². The minimum Gasteiger partial charge on any atom is -0.456 e. The Bertz CT molecular complexity index is 2880. The van der Waals surface area contributed by atoms with E-state index >= 15 is 0 Å². The molecule has 0 atom stereocenters. The second-order valence-electron chi connectivity index (χ2n) is 13.9. The summed E-state index contributed by atoms with van der Waals surface area (Å²) < 4.78 is 7.05. The highest BCUT2D eigenvalue weighted by atomic mass is 16.5. The van der Waals surface area contributed by atoms with E-state index in [2.05, 4.69) is 158 Å². The largest absolute Gasteiger partial charge is 0.456 e. The van der Waals surface area contributed by atoms with Crippen LogP contribution in [-0.2, 0) is 5.41 Å². The summed E-state index contributed by atoms with van der Waals surface area (Å²) in [5, 5.41) is 2.23. The summed E-state index contributed by atoms with van der Waals surface area (Å²) >= 11 is 0. The molecule has 0 bridgehead atoms. The lowest BCUT2D eigenvalue weighted by molar-refractivity contribution is 0.438. The molecule has 0 unspecified atom stereocenters. The maximum atomic E-state index is 7.05. The smallest absolute Gasteiger partial charge is 0.164 e. The number of hydrogen-bond acceptors (Lipinski definition) is 4. The zero-order valence-corrected chi connectivity index (χ0v) is 29.1. The summed E-state index contributed by atoms with van der Waals surface area (Å²) in [7, 11) is 0. The second kappa shape index (κ2) is 11.9. The van der Waals surface area contributed by atoms with Crippen molar-refractivity contribution in [3.63, 3.8) is 0 Å². The van der Waals surface area contributed by atoms with Crippen molar-refractivity contribution >= 4 is 10.8 Å². The average Bonchev–Trinajstić information content (AvgIpc) is 3.54. The average molecular weight is 690 g/mol. The Morgan fingerprint density at radius 1 is 0.333 bits per heavy atom. The fourth-order valence-electron chi connectivity index (χ4n) is 8.76. The van der Waals surface area contributed by atoms with E-state index in [-0.39, 0.29) is 0 Å². The minimum absolute atomic E-state index is 0.558. The van der Waals surface area contributed by atoms with E-state index in [9.17, 15) is 0 Å². The van der Waals surface area contributed by atoms with Crippen LogP contribution in [0.25, 0.3) is 67.2 Å². The molecule has 2 heterocycles. The lowest BCUT2D eigenvalue weighted by Gasteiger charge is -2.40. The molecule has 252 valence electrons. The summed E-state index contributed by atoms with van der Waals surface area (Å²) in [4.78, 5) is 15.5. The topological polar surface area (TPSA) is 47.9 Å². The number of ether oxygens (including phenoxy) is 1. The first-order chi connectivity index (χ1) is 26.8. The van der Waals surface area contributed by atoms with Crippen molar-refractivity contribution in [1.82, 2.24) is 15.0 Å². The lowest BCUT2D eigenvalue weighted by atomic mass is 9.65. The predicted octanol–water partition coefficient (Wildman–Crippen LogP) is 12.2. The number of benzene rings is 8. The van der Waals surface area contributed by atoms with Crippen molar-refractivity contribution in [3.05, 3.63) is 210 Å². The number of nitrogens with zero attached hydrogens (tertiary/aromatic N) is 3. The molecule has 1 aliphatic heterocycles. The van der Waals surface area contributed by atoms with Gasteiger partial charge in [-0.2, -0.15) is 0 Å². The Labute approximate surface area is 313 Å². The molecule has 11 rings (SSSR count). The van der Waals surface area contributed by atoms with Gasteiger partial charge in [0.15, 0.2) is 17.5 Å². The summed E-state index contributed by atoms with van der Waals surface area (Å²) in [6, 6.07) is 65.9. The van der Waals surface area contributed by atoms with Crippen LogP contribution in [-0.4, -0.2) is 15.0 Å². The van der Waals surface area contributed by atoms with Crippen molar-refractivity contribution in [3.8, 4) is 67.9 Å². The van der Waals surface area contributed by atoms with Gasteiger partial charge in [-0.15, -0.1) is 0 Å². The first-order valence-electron chi connectivity index (χ1n) is 18.3. The van der Waals surface area contributed by atoms with Gasteiger partial charge in [-0.25, -0.2) is 15.0 Å². The maximum absolute atomic E-state index is 7.05. The van der Waals surface area contributed by atoms with Crippen LogP contribution in [0.1, 0.15) is 22.3 Å². The third-order valence-corrected chi connectivity index (χ3v) is 11.0. The fourth-order valence-corrected chi connectivity index (χ4v) is 8.76. The van der Waals surface area contributed by atoms with Crippen molar-refractivity contribution in [1.29, 1.82) is 0 Å². The Hall–Kier alpha value is -7.17. The summed E-state index contributed by atoms with van der Waals surface area (Å²) in [5.74, 6) is 3.54. The highest BCUT2D eigenvalue weighted by molar-refractivity contribution is 5.96. The Morgan fingerprint density at radius 3 is 1.61 bits per heavy atom. The van der Waals surface area contributed by atoms with Gasteiger partial charge in [0.05, 0.1) is 5.41 Å². The van der Waals surface area contributed by atoms with Crippen LogP contribution >= 0.6 is 0 Å². The van der Waals surface area contributed by atoms with Crippen LogP contribution in [0, 0.1) is 0 Å². The zero-order valence-electron chi connectivity index (χ0n) is 29.1. The number of para-hydroxylation sites is 2. The van der Waals surface area contributed by atoms with Gasteiger partial charge in [0, 0.05) is 33.4 Å². The quantitative estimate of drug-likeness (QED) is 0.185. The molecular formula is C50H31N3O. The number of hydrogen-bond donors (Lipinski definition) is 0. The number of fused-ring (bicyclic) bond motifs is 10. The molecular weight excluding hydrogens is 659 g/mol. The molecule has 0 N–H and O–H groups in total. The molecule has 1 aliphatic carbocycles. The normalized spacial score (nSPS) is 13.1. The first-order valence-corrected chi connectivity index (χ1v) is 18.3. The monoisotopic (exact) mass is 689 g/mol. The van der Waals surface area contributed by atoms with Gasteiger partial charge in [-0.1, -0.05) is 182 Å². The van der Waals surface area contributed by atoms with Gasteiger partial charge in [0.1, 0.15) is 11.5 Å². The van der Waals surface area contributed by atoms with E-state index in [1.807, 2.05) is 30.3 Å². The standard InChI is InChI=1S/C50H31N3O/c1-2-17-33(18-3-1)47-51-48(39-26-14-19-32-16-4-5-20-34(32)39)53-49(52-47)40-24-7-6-21-35(40)38-25-15-30-44-46(38)54-45-31-13-12-29-43(45)50(44)41-27-10-8-22-36(41)37-23-9-11-28-42(37)50/h1-31H. The molecule has 2 aliphatic rings. The molecule has 0 radical (unpaired) electrons. The van der Waals surface area contributed by atoms with Crippen molar-refractivity contribution in [2.75, 3.05) is 0 Å². The van der Waals surface area contributed by atoms with Crippen LogP contribution in [0.3, 0.4) is 0 Å². The number of rotatable bonds is 4. The molecule has 9 aromatic rings. The summed E-state index contributed by atoms with van der Waals surface area (Å²) in [5.41, 5.74) is 11.5.